The van der Waals surface area contributed by atoms with Gasteiger partial charge in [0.15, 0.2) is 11.5 Å². The third-order valence-corrected chi connectivity index (χ3v) is 7.86. The summed E-state index contributed by atoms with van der Waals surface area (Å²) in [5.74, 6) is 1.02. The quantitative estimate of drug-likeness (QED) is 0.297. The molecule has 0 spiro atoms. The molecule has 3 aromatic carbocycles. The molecule has 3 atom stereocenters. The maximum atomic E-state index is 13.3. The van der Waals surface area contributed by atoms with Gasteiger partial charge in [-0.2, -0.15) is 13.2 Å². The smallest absolute Gasteiger partial charge is 0.416 e. The van der Waals surface area contributed by atoms with Gasteiger partial charge >= 0.3 is 6.18 Å². The Morgan fingerprint density at radius 2 is 1.89 bits per heavy atom. The Morgan fingerprint density at radius 1 is 1.08 bits per heavy atom. The fraction of sp³-hybridized carbons (Fsp3) is 0.259. The van der Waals surface area contributed by atoms with Crippen molar-refractivity contribution in [1.29, 1.82) is 0 Å². The number of benzene rings is 3. The second kappa shape index (κ2) is 9.84. The van der Waals surface area contributed by atoms with Crippen molar-refractivity contribution in [3.63, 3.8) is 0 Å². The van der Waals surface area contributed by atoms with Crippen LogP contribution in [-0.2, 0) is 12.8 Å². The van der Waals surface area contributed by atoms with Crippen molar-refractivity contribution in [2.45, 2.75) is 31.2 Å². The maximum Gasteiger partial charge on any atom is 0.416 e. The molecule has 1 aliphatic carbocycles. The Balaban J connectivity index is 1.45. The van der Waals surface area contributed by atoms with Gasteiger partial charge in [-0.15, -0.1) is 0 Å². The molecular formula is C27H21BrCl2F3NO2. The summed E-state index contributed by atoms with van der Waals surface area (Å²) in [5, 5.41) is 4.53. The molecule has 1 heterocycles. The van der Waals surface area contributed by atoms with Crippen molar-refractivity contribution in [2.24, 2.45) is 5.92 Å². The molecule has 0 bridgehead atoms. The van der Waals surface area contributed by atoms with Crippen LogP contribution in [0.2, 0.25) is 10.0 Å². The number of methoxy groups -OCH3 is 1. The van der Waals surface area contributed by atoms with Crippen molar-refractivity contribution < 1.29 is 22.6 Å². The van der Waals surface area contributed by atoms with E-state index in [1.54, 1.807) is 25.3 Å². The number of anilines is 1. The van der Waals surface area contributed by atoms with Gasteiger partial charge in [0.05, 0.1) is 23.2 Å². The maximum absolute atomic E-state index is 13.3. The first-order valence-electron chi connectivity index (χ1n) is 11.2. The summed E-state index contributed by atoms with van der Waals surface area (Å²) >= 11 is 15.9. The summed E-state index contributed by atoms with van der Waals surface area (Å²) in [4.78, 5) is 0. The van der Waals surface area contributed by atoms with Crippen LogP contribution in [0.15, 0.2) is 65.2 Å². The Hall–Kier alpha value is -2.35. The number of ether oxygens (including phenoxy) is 2. The summed E-state index contributed by atoms with van der Waals surface area (Å²) < 4.78 is 52.4. The van der Waals surface area contributed by atoms with Gasteiger partial charge in [-0.25, -0.2) is 0 Å². The largest absolute Gasteiger partial charge is 0.493 e. The molecule has 5 rings (SSSR count). The SMILES string of the molecule is COc1cc([C@@H]2Nc3ccc(C(F)(F)F)cc3[C@H]3C=CC[C@H]32)cc(Br)c1OCc1ccc(Cl)cc1Cl. The van der Waals surface area contributed by atoms with Gasteiger partial charge in [-0.05, 0) is 81.9 Å². The molecule has 0 fully saturated rings. The van der Waals surface area contributed by atoms with E-state index < -0.39 is 11.7 Å². The molecule has 2 aliphatic rings. The summed E-state index contributed by atoms with van der Waals surface area (Å²) in [5.41, 5.74) is 2.47. The monoisotopic (exact) mass is 597 g/mol. The van der Waals surface area contributed by atoms with Gasteiger partial charge in [0.1, 0.15) is 6.61 Å². The van der Waals surface area contributed by atoms with Gasteiger partial charge < -0.3 is 14.8 Å². The van der Waals surface area contributed by atoms with Gasteiger partial charge in [0, 0.05) is 27.2 Å². The van der Waals surface area contributed by atoms with Gasteiger partial charge in [0.25, 0.3) is 0 Å². The minimum absolute atomic E-state index is 0.0669. The van der Waals surface area contributed by atoms with Crippen LogP contribution in [0.3, 0.4) is 0 Å². The van der Waals surface area contributed by atoms with Gasteiger partial charge in [-0.1, -0.05) is 41.4 Å². The van der Waals surface area contributed by atoms with Crippen molar-refractivity contribution >= 4 is 44.8 Å². The van der Waals surface area contributed by atoms with Crippen LogP contribution in [0.4, 0.5) is 18.9 Å². The van der Waals surface area contributed by atoms with E-state index in [2.05, 4.69) is 21.2 Å². The highest BCUT2D eigenvalue weighted by Gasteiger charge is 2.40. The molecule has 0 saturated heterocycles. The van der Waals surface area contributed by atoms with Crippen molar-refractivity contribution in [3.05, 3.63) is 97.5 Å². The number of fused-ring (bicyclic) bond motifs is 3. The molecule has 0 unspecified atom stereocenters. The number of hydrogen-bond acceptors (Lipinski definition) is 3. The first-order chi connectivity index (χ1) is 17.2. The zero-order chi connectivity index (χ0) is 25.6. The molecule has 3 aromatic rings. The molecule has 1 N–H and O–H groups in total. The average molecular weight is 599 g/mol. The van der Waals surface area contributed by atoms with Crippen molar-refractivity contribution in [2.75, 3.05) is 12.4 Å². The predicted molar refractivity (Wildman–Crippen MR) is 139 cm³/mol. The second-order valence-corrected chi connectivity index (χ2v) is 10.5. The molecular weight excluding hydrogens is 578 g/mol. The Labute approximate surface area is 225 Å². The lowest BCUT2D eigenvalue weighted by Gasteiger charge is -2.38. The highest BCUT2D eigenvalue weighted by atomic mass is 79.9. The van der Waals surface area contributed by atoms with Crippen LogP contribution < -0.4 is 14.8 Å². The molecule has 36 heavy (non-hydrogen) atoms. The van der Waals surface area contributed by atoms with E-state index in [1.807, 2.05) is 24.3 Å². The molecule has 0 radical (unpaired) electrons. The van der Waals surface area contributed by atoms with Crippen LogP contribution in [0.25, 0.3) is 0 Å². The lowest BCUT2D eigenvalue weighted by Crippen LogP contribution is -2.29. The Morgan fingerprint density at radius 3 is 2.61 bits per heavy atom. The number of halogens is 6. The van der Waals surface area contributed by atoms with Gasteiger partial charge in [0.2, 0.25) is 0 Å². The third kappa shape index (κ3) is 4.81. The number of nitrogens with one attached hydrogen (secondary N) is 1. The average Bonchev–Trinajstić information content (AvgIpc) is 3.33. The number of hydrogen-bond donors (Lipinski definition) is 1. The molecule has 9 heteroatoms. The molecule has 1 aliphatic heterocycles. The highest BCUT2D eigenvalue weighted by Crippen LogP contribution is 2.52. The lowest BCUT2D eigenvalue weighted by molar-refractivity contribution is -0.137. The fourth-order valence-electron chi connectivity index (χ4n) is 4.95. The van der Waals surface area contributed by atoms with E-state index in [0.717, 1.165) is 23.6 Å². The van der Waals surface area contributed by atoms with Crippen LogP contribution >= 0.6 is 39.1 Å². The van der Waals surface area contributed by atoms with Crippen LogP contribution in [0, 0.1) is 5.92 Å². The lowest BCUT2D eigenvalue weighted by atomic mass is 9.76. The summed E-state index contributed by atoms with van der Waals surface area (Å²) in [6.45, 7) is 0.218. The second-order valence-electron chi connectivity index (χ2n) is 8.83. The zero-order valence-corrected chi connectivity index (χ0v) is 22.1. The summed E-state index contributed by atoms with van der Waals surface area (Å²) in [7, 11) is 1.57. The van der Waals surface area contributed by atoms with Crippen LogP contribution in [0.1, 0.15) is 40.6 Å². The minimum Gasteiger partial charge on any atom is -0.493 e. The molecule has 0 amide bonds. The molecule has 0 saturated carbocycles. The van der Waals surface area contributed by atoms with Crippen molar-refractivity contribution in [1.82, 2.24) is 0 Å². The highest BCUT2D eigenvalue weighted by molar-refractivity contribution is 9.10. The minimum atomic E-state index is -4.38. The Bertz CT molecular complexity index is 1350. The van der Waals surface area contributed by atoms with E-state index in [-0.39, 0.29) is 24.5 Å². The van der Waals surface area contributed by atoms with Crippen LogP contribution in [0.5, 0.6) is 11.5 Å². The number of alkyl halides is 3. The van der Waals surface area contributed by atoms with Gasteiger partial charge in [-0.3, -0.25) is 0 Å². The molecule has 188 valence electrons. The van der Waals surface area contributed by atoms with E-state index in [9.17, 15) is 13.2 Å². The third-order valence-electron chi connectivity index (χ3n) is 6.69. The number of rotatable bonds is 5. The Kier molecular flexibility index (Phi) is 6.92. The van der Waals surface area contributed by atoms with E-state index in [1.165, 1.54) is 12.1 Å². The van der Waals surface area contributed by atoms with Crippen molar-refractivity contribution in [3.8, 4) is 11.5 Å². The molecule has 3 nitrogen and oxygen atoms in total. The standard InChI is InChI=1S/C27H21BrCl2F3NO2/c1-35-24-10-15(9-21(28)26(24)36-13-14-5-7-17(29)12-22(14)30)25-19-4-2-3-18(19)20-11-16(27(31,32)33)6-8-23(20)34-25/h2-3,5-12,18-19,25,34H,4,13H2,1H3/t18-,19+,25-/m0/s1. The number of allylic oxidation sites excluding steroid dienone is 2. The van der Waals surface area contributed by atoms with E-state index in [4.69, 9.17) is 32.7 Å². The first-order valence-corrected chi connectivity index (χ1v) is 12.8. The first kappa shape index (κ1) is 25.3. The topological polar surface area (TPSA) is 30.5 Å². The molecule has 0 aromatic heterocycles. The predicted octanol–water partition coefficient (Wildman–Crippen LogP) is 9.19. The normalized spacial score (nSPS) is 20.5. The zero-order valence-electron chi connectivity index (χ0n) is 19.0. The van der Waals surface area contributed by atoms with E-state index in [0.29, 0.717) is 37.3 Å². The summed E-state index contributed by atoms with van der Waals surface area (Å²) in [6, 6.07) is 12.9. The van der Waals surface area contributed by atoms with E-state index >= 15 is 0 Å². The summed E-state index contributed by atoms with van der Waals surface area (Å²) in [6.07, 6.45) is 0.426. The fourth-order valence-corrected chi connectivity index (χ4v) is 5.99. The van der Waals surface area contributed by atoms with Crippen LogP contribution in [-0.4, -0.2) is 7.11 Å².